The zero-order valence-electron chi connectivity index (χ0n) is 14.4. The van der Waals surface area contributed by atoms with E-state index < -0.39 is 11.2 Å². The van der Waals surface area contributed by atoms with Gasteiger partial charge in [-0.2, -0.15) is 0 Å². The van der Waals surface area contributed by atoms with Crippen LogP contribution in [0.25, 0.3) is 11.0 Å². The fraction of sp³-hybridized carbons (Fsp3) is 0.467. The van der Waals surface area contributed by atoms with Crippen LogP contribution in [0.1, 0.15) is 23.7 Å². The van der Waals surface area contributed by atoms with Crippen LogP contribution in [0.3, 0.4) is 0 Å². The SMILES string of the molecule is CCCNCCNC(=O)c1cnc2c(c1)c(=O)n(C)c(=O)n2C.Cl.Cl. The number of aryl methyl sites for hydroxylation is 1. The quantitative estimate of drug-likeness (QED) is 0.685. The van der Waals surface area contributed by atoms with E-state index in [1.165, 1.54) is 30.9 Å². The summed E-state index contributed by atoms with van der Waals surface area (Å²) in [6.07, 6.45) is 2.40. The molecule has 0 saturated carbocycles. The summed E-state index contributed by atoms with van der Waals surface area (Å²) in [6, 6.07) is 1.47. The molecule has 0 aliphatic rings. The molecule has 2 aromatic heterocycles. The van der Waals surface area contributed by atoms with E-state index in [2.05, 4.69) is 22.5 Å². The Morgan fingerprint density at radius 1 is 1.12 bits per heavy atom. The zero-order valence-corrected chi connectivity index (χ0v) is 16.0. The average Bonchev–Trinajstić information content (AvgIpc) is 2.57. The lowest BCUT2D eigenvalue weighted by Crippen LogP contribution is -2.37. The highest BCUT2D eigenvalue weighted by Gasteiger charge is 2.13. The van der Waals surface area contributed by atoms with E-state index in [4.69, 9.17) is 0 Å². The Morgan fingerprint density at radius 3 is 2.44 bits per heavy atom. The fourth-order valence-corrected chi connectivity index (χ4v) is 2.26. The van der Waals surface area contributed by atoms with Gasteiger partial charge >= 0.3 is 5.69 Å². The van der Waals surface area contributed by atoms with Crippen molar-refractivity contribution in [2.45, 2.75) is 13.3 Å². The van der Waals surface area contributed by atoms with E-state index in [1.807, 2.05) is 0 Å². The van der Waals surface area contributed by atoms with Crippen LogP contribution in [-0.4, -0.2) is 39.7 Å². The van der Waals surface area contributed by atoms with Gasteiger partial charge in [-0.05, 0) is 19.0 Å². The molecule has 8 nitrogen and oxygen atoms in total. The maximum Gasteiger partial charge on any atom is 0.332 e. The number of aromatic nitrogens is 3. The first kappa shape index (κ1) is 23.1. The number of amides is 1. The fourth-order valence-electron chi connectivity index (χ4n) is 2.26. The van der Waals surface area contributed by atoms with Crippen LogP contribution < -0.4 is 21.9 Å². The van der Waals surface area contributed by atoms with Crippen LogP contribution in [0.4, 0.5) is 0 Å². The first-order valence-electron chi connectivity index (χ1n) is 7.52. The normalized spacial score (nSPS) is 10.0. The summed E-state index contributed by atoms with van der Waals surface area (Å²) in [5.74, 6) is -0.298. The predicted octanol–water partition coefficient (Wildman–Crippen LogP) is 0.205. The number of pyridine rings is 1. The standard InChI is InChI=1S/C15H21N5O3.2ClH/c1-4-5-16-6-7-17-13(21)10-8-11-12(18-9-10)19(2)15(23)20(3)14(11)22;;/h8-9,16H,4-7H2,1-3H3,(H,17,21);2*1H. The Hall–Kier alpha value is -1.90. The molecule has 0 fully saturated rings. The molecule has 140 valence electrons. The Morgan fingerprint density at radius 2 is 1.80 bits per heavy atom. The molecule has 0 unspecified atom stereocenters. The molecule has 0 aliphatic carbocycles. The largest absolute Gasteiger partial charge is 0.351 e. The van der Waals surface area contributed by atoms with E-state index in [-0.39, 0.29) is 41.8 Å². The second-order valence-electron chi connectivity index (χ2n) is 5.31. The van der Waals surface area contributed by atoms with Crippen LogP contribution in [0, 0.1) is 0 Å². The van der Waals surface area contributed by atoms with Crippen molar-refractivity contribution < 1.29 is 4.79 Å². The molecular weight excluding hydrogens is 369 g/mol. The molecule has 25 heavy (non-hydrogen) atoms. The van der Waals surface area contributed by atoms with Crippen molar-refractivity contribution in [1.29, 1.82) is 0 Å². The smallest absolute Gasteiger partial charge is 0.332 e. The molecule has 10 heteroatoms. The first-order chi connectivity index (χ1) is 11.0. The van der Waals surface area contributed by atoms with Gasteiger partial charge in [0.15, 0.2) is 0 Å². The molecule has 0 aliphatic heterocycles. The van der Waals surface area contributed by atoms with E-state index in [0.717, 1.165) is 17.5 Å². The molecule has 0 saturated heterocycles. The summed E-state index contributed by atoms with van der Waals surface area (Å²) < 4.78 is 2.29. The number of carbonyl (C=O) groups excluding carboxylic acids is 1. The molecular formula is C15H23Cl2N5O3. The summed E-state index contributed by atoms with van der Waals surface area (Å²) in [5.41, 5.74) is -0.355. The minimum atomic E-state index is -0.463. The van der Waals surface area contributed by atoms with Gasteiger partial charge in [-0.1, -0.05) is 6.92 Å². The first-order valence-corrected chi connectivity index (χ1v) is 7.52. The second kappa shape index (κ2) is 10.2. The molecule has 1 amide bonds. The maximum absolute atomic E-state index is 12.2. The van der Waals surface area contributed by atoms with E-state index in [9.17, 15) is 14.4 Å². The van der Waals surface area contributed by atoms with Crippen molar-refractivity contribution in [2.24, 2.45) is 14.1 Å². The van der Waals surface area contributed by atoms with Gasteiger partial charge in [-0.3, -0.25) is 18.7 Å². The van der Waals surface area contributed by atoms with Crippen molar-refractivity contribution in [3.8, 4) is 0 Å². The van der Waals surface area contributed by atoms with Gasteiger partial charge in [0.2, 0.25) is 0 Å². The van der Waals surface area contributed by atoms with Gasteiger partial charge in [-0.15, -0.1) is 24.8 Å². The highest BCUT2D eigenvalue weighted by Crippen LogP contribution is 2.07. The molecule has 0 radical (unpaired) electrons. The van der Waals surface area contributed by atoms with Gasteiger partial charge in [0.25, 0.3) is 11.5 Å². The van der Waals surface area contributed by atoms with Crippen molar-refractivity contribution in [1.82, 2.24) is 24.8 Å². The molecule has 0 atom stereocenters. The molecule has 2 aromatic rings. The van der Waals surface area contributed by atoms with Crippen LogP contribution in [0.15, 0.2) is 21.9 Å². The Bertz CT molecular complexity index is 847. The maximum atomic E-state index is 12.2. The Labute approximate surface area is 157 Å². The molecule has 2 heterocycles. The van der Waals surface area contributed by atoms with Crippen LogP contribution in [0.5, 0.6) is 0 Å². The highest BCUT2D eigenvalue weighted by atomic mass is 35.5. The van der Waals surface area contributed by atoms with Crippen molar-refractivity contribution in [3.63, 3.8) is 0 Å². The Balaban J connectivity index is 0.00000288. The van der Waals surface area contributed by atoms with Crippen molar-refractivity contribution in [2.75, 3.05) is 19.6 Å². The van der Waals surface area contributed by atoms with E-state index in [0.29, 0.717) is 18.7 Å². The van der Waals surface area contributed by atoms with Gasteiger partial charge in [0, 0.05) is 33.4 Å². The summed E-state index contributed by atoms with van der Waals surface area (Å²) in [6.45, 7) is 4.14. The van der Waals surface area contributed by atoms with Crippen LogP contribution in [-0.2, 0) is 14.1 Å². The number of nitrogens with one attached hydrogen (secondary N) is 2. The third-order valence-corrected chi connectivity index (χ3v) is 3.57. The van der Waals surface area contributed by atoms with Gasteiger partial charge in [0.05, 0.1) is 10.9 Å². The lowest BCUT2D eigenvalue weighted by Gasteiger charge is -2.09. The van der Waals surface area contributed by atoms with E-state index in [1.54, 1.807) is 0 Å². The highest BCUT2D eigenvalue weighted by molar-refractivity contribution is 5.96. The number of halogens is 2. The monoisotopic (exact) mass is 391 g/mol. The zero-order chi connectivity index (χ0) is 17.0. The lowest BCUT2D eigenvalue weighted by atomic mass is 10.2. The van der Waals surface area contributed by atoms with Gasteiger partial charge in [-0.25, -0.2) is 9.78 Å². The number of nitrogens with zero attached hydrogens (tertiary/aromatic N) is 3. The second-order valence-corrected chi connectivity index (χ2v) is 5.31. The number of hydrogen-bond acceptors (Lipinski definition) is 5. The van der Waals surface area contributed by atoms with Crippen LogP contribution in [0.2, 0.25) is 0 Å². The van der Waals surface area contributed by atoms with E-state index >= 15 is 0 Å². The minimum absolute atomic E-state index is 0. The third kappa shape index (κ3) is 5.04. The summed E-state index contributed by atoms with van der Waals surface area (Å²) in [4.78, 5) is 40.2. The Kier molecular flexibility index (Phi) is 9.40. The number of hydrogen-bond donors (Lipinski definition) is 2. The van der Waals surface area contributed by atoms with Crippen molar-refractivity contribution >= 4 is 41.8 Å². The predicted molar refractivity (Wildman–Crippen MR) is 102 cm³/mol. The van der Waals surface area contributed by atoms with Gasteiger partial charge in [0.1, 0.15) is 5.65 Å². The number of fused-ring (bicyclic) bond motifs is 1. The topological polar surface area (TPSA) is 98.0 Å². The van der Waals surface area contributed by atoms with Crippen LogP contribution >= 0.6 is 24.8 Å². The molecule has 2 N–H and O–H groups in total. The summed E-state index contributed by atoms with van der Waals surface area (Å²) in [7, 11) is 2.94. The van der Waals surface area contributed by atoms with Gasteiger partial charge < -0.3 is 10.6 Å². The average molecular weight is 392 g/mol. The molecule has 0 aromatic carbocycles. The summed E-state index contributed by atoms with van der Waals surface area (Å²) >= 11 is 0. The molecule has 0 spiro atoms. The third-order valence-electron chi connectivity index (χ3n) is 3.57. The lowest BCUT2D eigenvalue weighted by molar-refractivity contribution is 0.0953. The summed E-state index contributed by atoms with van der Waals surface area (Å²) in [5, 5.41) is 6.19. The number of rotatable bonds is 6. The molecule has 0 bridgehead atoms. The molecule has 2 rings (SSSR count). The minimum Gasteiger partial charge on any atom is -0.351 e. The van der Waals surface area contributed by atoms with Crippen molar-refractivity contribution in [3.05, 3.63) is 38.7 Å². The number of carbonyl (C=O) groups is 1.